The van der Waals surface area contributed by atoms with E-state index in [1.165, 1.54) is 38.9 Å². The van der Waals surface area contributed by atoms with Gasteiger partial charge in [-0.15, -0.1) is 0 Å². The average Bonchev–Trinajstić information content (AvgIpc) is 2.74. The van der Waals surface area contributed by atoms with Crippen molar-refractivity contribution in [3.05, 3.63) is 18.5 Å². The molecule has 0 unspecified atom stereocenters. The highest BCUT2D eigenvalue weighted by atomic mass is 15.4. The maximum Gasteiger partial charge on any atom is 0.225 e. The normalized spacial score (nSPS) is 20.1. The van der Waals surface area contributed by atoms with Gasteiger partial charge in [-0.3, -0.25) is 4.99 Å². The summed E-state index contributed by atoms with van der Waals surface area (Å²) >= 11 is 0. The summed E-state index contributed by atoms with van der Waals surface area (Å²) in [6.07, 6.45) is 7.49. The Morgan fingerprint density at radius 2 is 1.78 bits per heavy atom. The van der Waals surface area contributed by atoms with Gasteiger partial charge in [-0.25, -0.2) is 9.97 Å². The van der Waals surface area contributed by atoms with Crippen LogP contribution < -0.4 is 10.2 Å². The van der Waals surface area contributed by atoms with E-state index in [1.54, 1.807) is 0 Å². The molecule has 0 saturated carbocycles. The average molecular weight is 374 g/mol. The van der Waals surface area contributed by atoms with Crippen LogP contribution in [-0.4, -0.2) is 84.6 Å². The van der Waals surface area contributed by atoms with E-state index in [0.29, 0.717) is 0 Å². The summed E-state index contributed by atoms with van der Waals surface area (Å²) in [5.74, 6) is 2.74. The van der Waals surface area contributed by atoms with Gasteiger partial charge in [-0.1, -0.05) is 6.92 Å². The van der Waals surface area contributed by atoms with Crippen molar-refractivity contribution in [3.63, 3.8) is 0 Å². The molecule has 150 valence electrons. The summed E-state index contributed by atoms with van der Waals surface area (Å²) in [4.78, 5) is 20.9. The fourth-order valence-corrected chi connectivity index (χ4v) is 3.94. The topological polar surface area (TPSA) is 59.9 Å². The second-order valence-electron chi connectivity index (χ2n) is 7.42. The first kappa shape index (κ1) is 19.9. The van der Waals surface area contributed by atoms with E-state index in [0.717, 1.165) is 57.1 Å². The SMILES string of the molecule is CCNC(=NCCC1CCN(CC)CC1)N1CCN(c2ncccn2)CC1. The minimum atomic E-state index is 0.831. The number of nitrogens with one attached hydrogen (secondary N) is 1. The molecule has 0 aromatic carbocycles. The Balaban J connectivity index is 1.46. The molecule has 1 aromatic rings. The van der Waals surface area contributed by atoms with Gasteiger partial charge in [0, 0.05) is 51.7 Å². The number of piperazine rings is 1. The number of likely N-dealkylation sites (tertiary alicyclic amines) is 1. The Labute approximate surface area is 163 Å². The summed E-state index contributed by atoms with van der Waals surface area (Å²) in [6, 6.07) is 1.86. The van der Waals surface area contributed by atoms with E-state index in [4.69, 9.17) is 4.99 Å². The Bertz CT molecular complexity index is 561. The van der Waals surface area contributed by atoms with Crippen LogP contribution >= 0.6 is 0 Å². The molecule has 2 aliphatic heterocycles. The molecule has 7 nitrogen and oxygen atoms in total. The smallest absolute Gasteiger partial charge is 0.225 e. The third kappa shape index (κ3) is 5.79. The van der Waals surface area contributed by atoms with Crippen molar-refractivity contribution in [1.29, 1.82) is 0 Å². The molecule has 2 aliphatic rings. The molecule has 1 N–H and O–H groups in total. The van der Waals surface area contributed by atoms with E-state index in [9.17, 15) is 0 Å². The highest BCUT2D eigenvalue weighted by Gasteiger charge is 2.21. The van der Waals surface area contributed by atoms with Crippen molar-refractivity contribution in [2.45, 2.75) is 33.1 Å². The minimum Gasteiger partial charge on any atom is -0.357 e. The first-order chi connectivity index (χ1) is 13.3. The lowest BCUT2D eigenvalue weighted by atomic mass is 9.94. The third-order valence-electron chi connectivity index (χ3n) is 5.70. The molecule has 0 amide bonds. The maximum atomic E-state index is 4.94. The number of anilines is 1. The van der Waals surface area contributed by atoms with Crippen LogP contribution in [0.25, 0.3) is 0 Å². The molecule has 7 heteroatoms. The van der Waals surface area contributed by atoms with Crippen molar-refractivity contribution in [3.8, 4) is 0 Å². The molecule has 0 atom stereocenters. The number of aliphatic imine (C=N–C) groups is 1. The molecule has 3 rings (SSSR count). The standard InChI is InChI=1S/C20H35N7/c1-3-21-19(24-11-6-18-7-12-25(4-2)13-8-18)26-14-16-27(17-15-26)20-22-9-5-10-23-20/h5,9-10,18H,3-4,6-8,11-17H2,1-2H3,(H,21,24). The Kier molecular flexibility index (Phi) is 7.68. The van der Waals surface area contributed by atoms with Crippen molar-refractivity contribution in [2.24, 2.45) is 10.9 Å². The number of nitrogens with zero attached hydrogens (tertiary/aromatic N) is 6. The van der Waals surface area contributed by atoms with Gasteiger partial charge in [-0.2, -0.15) is 0 Å². The predicted octanol–water partition coefficient (Wildman–Crippen LogP) is 1.69. The first-order valence-electron chi connectivity index (χ1n) is 10.6. The molecule has 3 heterocycles. The van der Waals surface area contributed by atoms with Crippen LogP contribution in [0.3, 0.4) is 0 Å². The zero-order chi connectivity index (χ0) is 18.9. The lowest BCUT2D eigenvalue weighted by Crippen LogP contribution is -2.53. The first-order valence-corrected chi connectivity index (χ1v) is 10.6. The summed E-state index contributed by atoms with van der Waals surface area (Å²) in [7, 11) is 0. The van der Waals surface area contributed by atoms with Crippen LogP contribution in [0, 0.1) is 5.92 Å². The number of hydrogen-bond acceptors (Lipinski definition) is 5. The van der Waals surface area contributed by atoms with Crippen LogP contribution in [-0.2, 0) is 0 Å². The molecule has 2 fully saturated rings. The van der Waals surface area contributed by atoms with Crippen LogP contribution in [0.4, 0.5) is 5.95 Å². The molecule has 27 heavy (non-hydrogen) atoms. The Morgan fingerprint density at radius 1 is 1.07 bits per heavy atom. The molecular formula is C20H35N7. The second kappa shape index (κ2) is 10.4. The number of piperidine rings is 1. The highest BCUT2D eigenvalue weighted by molar-refractivity contribution is 5.80. The minimum absolute atomic E-state index is 0.831. The second-order valence-corrected chi connectivity index (χ2v) is 7.42. The molecule has 1 aromatic heterocycles. The molecular weight excluding hydrogens is 338 g/mol. The van der Waals surface area contributed by atoms with Gasteiger partial charge in [0.25, 0.3) is 0 Å². The fraction of sp³-hybridized carbons (Fsp3) is 0.750. The van der Waals surface area contributed by atoms with Gasteiger partial charge in [-0.05, 0) is 57.8 Å². The van der Waals surface area contributed by atoms with Crippen LogP contribution in [0.5, 0.6) is 0 Å². The number of hydrogen-bond donors (Lipinski definition) is 1. The fourth-order valence-electron chi connectivity index (χ4n) is 3.94. The molecule has 0 radical (unpaired) electrons. The van der Waals surface area contributed by atoms with Gasteiger partial charge < -0.3 is 20.0 Å². The number of rotatable bonds is 6. The van der Waals surface area contributed by atoms with Gasteiger partial charge >= 0.3 is 0 Å². The zero-order valence-electron chi connectivity index (χ0n) is 17.0. The number of guanidine groups is 1. The van der Waals surface area contributed by atoms with E-state index in [-0.39, 0.29) is 0 Å². The van der Waals surface area contributed by atoms with Gasteiger partial charge in [0.1, 0.15) is 0 Å². The van der Waals surface area contributed by atoms with Crippen molar-refractivity contribution in [2.75, 3.05) is 63.8 Å². The van der Waals surface area contributed by atoms with Crippen LogP contribution in [0.2, 0.25) is 0 Å². The largest absolute Gasteiger partial charge is 0.357 e. The van der Waals surface area contributed by atoms with E-state index in [2.05, 4.69) is 43.8 Å². The summed E-state index contributed by atoms with van der Waals surface area (Å²) < 4.78 is 0. The van der Waals surface area contributed by atoms with Crippen molar-refractivity contribution < 1.29 is 0 Å². The quantitative estimate of drug-likeness (QED) is 0.605. The summed E-state index contributed by atoms with van der Waals surface area (Å²) in [6.45, 7) is 13.7. The predicted molar refractivity (Wildman–Crippen MR) is 111 cm³/mol. The molecule has 0 aliphatic carbocycles. The van der Waals surface area contributed by atoms with Crippen molar-refractivity contribution >= 4 is 11.9 Å². The van der Waals surface area contributed by atoms with E-state index < -0.39 is 0 Å². The number of aromatic nitrogens is 2. The molecule has 2 saturated heterocycles. The Morgan fingerprint density at radius 3 is 2.41 bits per heavy atom. The van der Waals surface area contributed by atoms with Gasteiger partial charge in [0.05, 0.1) is 0 Å². The van der Waals surface area contributed by atoms with Crippen LogP contribution in [0.1, 0.15) is 33.1 Å². The van der Waals surface area contributed by atoms with E-state index >= 15 is 0 Å². The monoisotopic (exact) mass is 373 g/mol. The maximum absolute atomic E-state index is 4.94. The zero-order valence-corrected chi connectivity index (χ0v) is 17.0. The van der Waals surface area contributed by atoms with E-state index in [1.807, 2.05) is 18.5 Å². The lowest BCUT2D eigenvalue weighted by Gasteiger charge is -2.36. The van der Waals surface area contributed by atoms with Gasteiger partial charge in [0.15, 0.2) is 5.96 Å². The summed E-state index contributed by atoms with van der Waals surface area (Å²) in [5, 5.41) is 3.48. The highest BCUT2D eigenvalue weighted by Crippen LogP contribution is 2.20. The van der Waals surface area contributed by atoms with Crippen LogP contribution in [0.15, 0.2) is 23.5 Å². The lowest BCUT2D eigenvalue weighted by molar-refractivity contribution is 0.188. The summed E-state index contributed by atoms with van der Waals surface area (Å²) in [5.41, 5.74) is 0. The molecule has 0 spiro atoms. The van der Waals surface area contributed by atoms with Gasteiger partial charge in [0.2, 0.25) is 5.95 Å². The Hall–Kier alpha value is -1.89. The third-order valence-corrected chi connectivity index (χ3v) is 5.70. The van der Waals surface area contributed by atoms with Crippen molar-refractivity contribution in [1.82, 2.24) is 25.1 Å². The molecule has 0 bridgehead atoms.